The van der Waals surface area contributed by atoms with E-state index in [4.69, 9.17) is 22.1 Å². The zero-order chi connectivity index (χ0) is 19.7. The van der Waals surface area contributed by atoms with Gasteiger partial charge in [0.25, 0.3) is 5.56 Å². The Labute approximate surface area is 167 Å². The molecular formula is C22H21ClN2O3. The molecule has 0 spiro atoms. The van der Waals surface area contributed by atoms with E-state index in [1.807, 2.05) is 36.4 Å². The highest BCUT2D eigenvalue weighted by Gasteiger charge is 2.42. The summed E-state index contributed by atoms with van der Waals surface area (Å²) in [5.41, 5.74) is 5.93. The third-order valence-electron chi connectivity index (χ3n) is 5.70. The number of nitrogens with one attached hydrogen (secondary N) is 1. The normalized spacial score (nSPS) is 22.1. The second kappa shape index (κ2) is 7.32. The van der Waals surface area contributed by atoms with Crippen molar-refractivity contribution in [2.24, 2.45) is 5.73 Å². The van der Waals surface area contributed by atoms with Gasteiger partial charge in [-0.3, -0.25) is 9.59 Å². The number of rotatable bonds is 4. The zero-order valence-electron chi connectivity index (χ0n) is 15.3. The first-order valence-corrected chi connectivity index (χ1v) is 9.70. The molecule has 0 radical (unpaired) electrons. The van der Waals surface area contributed by atoms with Crippen molar-refractivity contribution in [3.05, 3.63) is 75.7 Å². The van der Waals surface area contributed by atoms with E-state index in [2.05, 4.69) is 4.98 Å². The topological polar surface area (TPSA) is 85.2 Å². The lowest BCUT2D eigenvalue weighted by Crippen LogP contribution is -2.45. The molecule has 0 unspecified atom stereocenters. The van der Waals surface area contributed by atoms with Gasteiger partial charge in [0.1, 0.15) is 5.75 Å². The van der Waals surface area contributed by atoms with Crippen LogP contribution in [-0.2, 0) is 10.2 Å². The maximum atomic E-state index is 12.3. The lowest BCUT2D eigenvalue weighted by atomic mass is 9.68. The molecule has 1 heterocycles. The number of carbonyl (C=O) groups excluding carboxylic acids is 1. The summed E-state index contributed by atoms with van der Waals surface area (Å²) in [5.74, 6) is 0.260. The number of benzene rings is 2. The Hall–Kier alpha value is -2.79. The van der Waals surface area contributed by atoms with E-state index in [1.54, 1.807) is 18.3 Å². The molecule has 0 saturated heterocycles. The third-order valence-corrected chi connectivity index (χ3v) is 6.00. The lowest BCUT2D eigenvalue weighted by Gasteiger charge is -2.38. The number of amides is 1. The van der Waals surface area contributed by atoms with Gasteiger partial charge in [0, 0.05) is 11.6 Å². The highest BCUT2D eigenvalue weighted by molar-refractivity contribution is 6.32. The summed E-state index contributed by atoms with van der Waals surface area (Å²) >= 11 is 6.34. The number of carbonyl (C=O) groups is 1. The molecule has 1 fully saturated rings. The second-order valence-corrected chi connectivity index (χ2v) is 7.71. The highest BCUT2D eigenvalue weighted by Crippen LogP contribution is 2.41. The van der Waals surface area contributed by atoms with Crippen LogP contribution in [0.1, 0.15) is 31.2 Å². The van der Waals surface area contributed by atoms with Crippen LogP contribution in [0, 0.1) is 0 Å². The number of H-pyrrole nitrogens is 1. The molecule has 1 aromatic heterocycles. The quantitative estimate of drug-likeness (QED) is 0.700. The van der Waals surface area contributed by atoms with Gasteiger partial charge < -0.3 is 15.5 Å². The molecule has 4 rings (SSSR count). The second-order valence-electron chi connectivity index (χ2n) is 7.31. The van der Waals surface area contributed by atoms with Crippen molar-refractivity contribution in [3.63, 3.8) is 0 Å². The third kappa shape index (κ3) is 3.27. The Bertz CT molecular complexity index is 1070. The number of nitrogens with two attached hydrogens (primary N) is 1. The van der Waals surface area contributed by atoms with E-state index in [0.717, 1.165) is 10.9 Å². The van der Waals surface area contributed by atoms with Crippen molar-refractivity contribution >= 4 is 28.3 Å². The van der Waals surface area contributed by atoms with Crippen LogP contribution in [0.3, 0.4) is 0 Å². The molecule has 0 bridgehead atoms. The Kier molecular flexibility index (Phi) is 4.85. The number of hydrogen-bond acceptors (Lipinski definition) is 3. The molecule has 1 saturated carbocycles. The lowest BCUT2D eigenvalue weighted by molar-refractivity contribution is -0.125. The maximum absolute atomic E-state index is 12.3. The number of halogens is 1. The van der Waals surface area contributed by atoms with Gasteiger partial charge in [-0.2, -0.15) is 0 Å². The average Bonchev–Trinajstić information content (AvgIpc) is 2.70. The summed E-state index contributed by atoms with van der Waals surface area (Å²) in [7, 11) is 0. The van der Waals surface area contributed by atoms with Gasteiger partial charge in [-0.25, -0.2) is 0 Å². The van der Waals surface area contributed by atoms with Gasteiger partial charge in [0.05, 0.1) is 16.5 Å². The van der Waals surface area contributed by atoms with E-state index in [0.29, 0.717) is 41.8 Å². The standard InChI is InChI=1S/C22H21ClN2O3/c23-18-13-17-14(8-11-25-20(17)26)12-19(18)28-16-6-9-22(10-7-16,21(24)27)15-4-2-1-3-5-15/h1-5,8,11-13,16H,6-7,9-10H2,(H2,24,27)(H,25,26). The van der Waals surface area contributed by atoms with Crippen molar-refractivity contribution in [3.8, 4) is 5.75 Å². The van der Waals surface area contributed by atoms with Crippen molar-refractivity contribution in [2.75, 3.05) is 0 Å². The summed E-state index contributed by atoms with van der Waals surface area (Å²) in [4.78, 5) is 26.8. The summed E-state index contributed by atoms with van der Waals surface area (Å²) in [6, 6.07) is 14.9. The largest absolute Gasteiger partial charge is 0.489 e. The van der Waals surface area contributed by atoms with Gasteiger partial charge in [-0.1, -0.05) is 41.9 Å². The molecule has 144 valence electrons. The van der Waals surface area contributed by atoms with Gasteiger partial charge in [-0.05, 0) is 54.8 Å². The highest BCUT2D eigenvalue weighted by atomic mass is 35.5. The first kappa shape index (κ1) is 18.6. The molecule has 1 aliphatic rings. The summed E-state index contributed by atoms with van der Waals surface area (Å²) in [5, 5.41) is 1.70. The molecule has 2 aromatic carbocycles. The van der Waals surface area contributed by atoms with Crippen molar-refractivity contribution in [1.82, 2.24) is 4.98 Å². The van der Waals surface area contributed by atoms with Crippen LogP contribution in [0.4, 0.5) is 0 Å². The van der Waals surface area contributed by atoms with Gasteiger partial charge in [0.15, 0.2) is 0 Å². The fourth-order valence-electron chi connectivity index (χ4n) is 4.09. The van der Waals surface area contributed by atoms with Crippen LogP contribution in [0.5, 0.6) is 5.75 Å². The minimum Gasteiger partial charge on any atom is -0.489 e. The molecular weight excluding hydrogens is 376 g/mol. The van der Waals surface area contributed by atoms with E-state index < -0.39 is 5.41 Å². The Morgan fingerprint density at radius 1 is 1.14 bits per heavy atom. The van der Waals surface area contributed by atoms with Gasteiger partial charge in [0.2, 0.25) is 5.91 Å². The van der Waals surface area contributed by atoms with E-state index >= 15 is 0 Å². The number of aromatic amines is 1. The van der Waals surface area contributed by atoms with Crippen molar-refractivity contribution in [2.45, 2.75) is 37.2 Å². The predicted molar refractivity (Wildman–Crippen MR) is 110 cm³/mol. The van der Waals surface area contributed by atoms with Crippen molar-refractivity contribution < 1.29 is 9.53 Å². The summed E-state index contributed by atoms with van der Waals surface area (Å²) in [6.07, 6.45) is 4.19. The average molecular weight is 397 g/mol. The van der Waals surface area contributed by atoms with Crippen LogP contribution in [0.2, 0.25) is 5.02 Å². The fourth-order valence-corrected chi connectivity index (χ4v) is 4.30. The fraction of sp³-hybridized carbons (Fsp3) is 0.273. The van der Waals surface area contributed by atoms with Crippen LogP contribution in [-0.4, -0.2) is 17.0 Å². The van der Waals surface area contributed by atoms with Gasteiger partial charge >= 0.3 is 0 Å². The maximum Gasteiger partial charge on any atom is 0.255 e. The van der Waals surface area contributed by atoms with Crippen LogP contribution in [0.25, 0.3) is 10.8 Å². The van der Waals surface area contributed by atoms with Crippen LogP contribution >= 0.6 is 11.6 Å². The molecule has 28 heavy (non-hydrogen) atoms. The van der Waals surface area contributed by atoms with E-state index in [1.165, 1.54) is 0 Å². The molecule has 0 aliphatic heterocycles. The number of hydrogen-bond donors (Lipinski definition) is 2. The minimum absolute atomic E-state index is 0.0619. The number of aromatic nitrogens is 1. The summed E-state index contributed by atoms with van der Waals surface area (Å²) in [6.45, 7) is 0. The molecule has 3 N–H and O–H groups in total. The molecule has 6 heteroatoms. The number of pyridine rings is 1. The van der Waals surface area contributed by atoms with Crippen LogP contribution in [0.15, 0.2) is 59.5 Å². The first-order valence-electron chi connectivity index (χ1n) is 9.33. The molecule has 3 aromatic rings. The monoisotopic (exact) mass is 396 g/mol. The molecule has 1 amide bonds. The Morgan fingerprint density at radius 2 is 1.86 bits per heavy atom. The molecule has 5 nitrogen and oxygen atoms in total. The minimum atomic E-state index is -0.651. The number of fused-ring (bicyclic) bond motifs is 1. The van der Waals surface area contributed by atoms with E-state index in [9.17, 15) is 9.59 Å². The van der Waals surface area contributed by atoms with Crippen LogP contribution < -0.4 is 16.0 Å². The molecule has 0 atom stereocenters. The summed E-state index contributed by atoms with van der Waals surface area (Å²) < 4.78 is 6.15. The van der Waals surface area contributed by atoms with E-state index in [-0.39, 0.29) is 17.6 Å². The van der Waals surface area contributed by atoms with Crippen molar-refractivity contribution in [1.29, 1.82) is 0 Å². The SMILES string of the molecule is NC(=O)C1(c2ccccc2)CCC(Oc2cc3cc[nH]c(=O)c3cc2Cl)CC1. The number of primary amides is 1. The first-order chi connectivity index (χ1) is 13.5. The predicted octanol–water partition coefficient (Wildman–Crippen LogP) is 3.93. The Balaban J connectivity index is 1.55. The zero-order valence-corrected chi connectivity index (χ0v) is 16.0. The smallest absolute Gasteiger partial charge is 0.255 e. The number of ether oxygens (including phenoxy) is 1. The molecule has 1 aliphatic carbocycles. The Morgan fingerprint density at radius 3 is 2.54 bits per heavy atom. The van der Waals surface area contributed by atoms with Gasteiger partial charge in [-0.15, -0.1) is 0 Å².